The zero-order valence-electron chi connectivity index (χ0n) is 17.9. The zero-order chi connectivity index (χ0) is 20.4. The van der Waals surface area contributed by atoms with Crippen LogP contribution < -0.4 is 0 Å². The molecule has 2 fully saturated rings. The molecule has 29 heavy (non-hydrogen) atoms. The van der Waals surface area contributed by atoms with Gasteiger partial charge in [-0.3, -0.25) is 9.59 Å². The van der Waals surface area contributed by atoms with Gasteiger partial charge in [-0.1, -0.05) is 32.0 Å². The minimum absolute atomic E-state index is 0.109. The zero-order valence-corrected chi connectivity index (χ0v) is 17.9. The first kappa shape index (κ1) is 20.4. The van der Waals surface area contributed by atoms with Crippen molar-refractivity contribution in [3.05, 3.63) is 34.9 Å². The van der Waals surface area contributed by atoms with Crippen LogP contribution in [0.3, 0.4) is 0 Å². The summed E-state index contributed by atoms with van der Waals surface area (Å²) in [5.74, 6) is 0.827. The summed E-state index contributed by atoms with van der Waals surface area (Å²) < 4.78 is 5.37. The Morgan fingerprint density at radius 2 is 1.83 bits per heavy atom. The predicted molar refractivity (Wildman–Crippen MR) is 113 cm³/mol. The molecule has 1 aromatic rings. The second kappa shape index (κ2) is 8.86. The van der Waals surface area contributed by atoms with Gasteiger partial charge < -0.3 is 14.5 Å². The number of nitrogens with zero attached hydrogens (tertiary/aromatic N) is 2. The highest BCUT2D eigenvalue weighted by molar-refractivity contribution is 5.88. The summed E-state index contributed by atoms with van der Waals surface area (Å²) in [6.45, 7) is 7.58. The molecule has 2 amide bonds. The number of aryl methyl sites for hydroxylation is 2. The molecule has 158 valence electrons. The average molecular weight is 399 g/mol. The van der Waals surface area contributed by atoms with Crippen molar-refractivity contribution in [2.45, 2.75) is 64.3 Å². The second-order valence-corrected chi connectivity index (χ2v) is 9.12. The molecule has 3 aliphatic rings. The van der Waals surface area contributed by atoms with Gasteiger partial charge >= 0.3 is 0 Å². The van der Waals surface area contributed by atoms with Crippen LogP contribution in [0.15, 0.2) is 18.2 Å². The molecule has 2 unspecified atom stereocenters. The van der Waals surface area contributed by atoms with E-state index in [-0.39, 0.29) is 23.8 Å². The van der Waals surface area contributed by atoms with Crippen LogP contribution in [0.1, 0.15) is 62.1 Å². The fourth-order valence-corrected chi connectivity index (χ4v) is 5.18. The van der Waals surface area contributed by atoms with Crippen molar-refractivity contribution in [1.29, 1.82) is 0 Å². The van der Waals surface area contributed by atoms with Gasteiger partial charge in [0.1, 0.15) is 6.04 Å². The van der Waals surface area contributed by atoms with Gasteiger partial charge in [-0.2, -0.15) is 0 Å². The largest absolute Gasteiger partial charge is 0.378 e. The summed E-state index contributed by atoms with van der Waals surface area (Å²) in [6, 6.07) is 6.54. The molecule has 2 atom stereocenters. The molecule has 2 saturated heterocycles. The monoisotopic (exact) mass is 398 g/mol. The van der Waals surface area contributed by atoms with Gasteiger partial charge in [0.15, 0.2) is 0 Å². The molecule has 5 heteroatoms. The van der Waals surface area contributed by atoms with Crippen molar-refractivity contribution in [2.75, 3.05) is 32.8 Å². The van der Waals surface area contributed by atoms with Crippen LogP contribution in [0.5, 0.6) is 0 Å². The van der Waals surface area contributed by atoms with E-state index in [0.717, 1.165) is 19.3 Å². The lowest BCUT2D eigenvalue weighted by atomic mass is 9.84. The van der Waals surface area contributed by atoms with Crippen LogP contribution in [-0.2, 0) is 27.2 Å². The normalized spacial score (nSPS) is 22.8. The molecule has 0 bridgehead atoms. The fraction of sp³-hybridized carbons (Fsp3) is 0.667. The first-order valence-electron chi connectivity index (χ1n) is 11.3. The highest BCUT2D eigenvalue weighted by atomic mass is 16.5. The second-order valence-electron chi connectivity index (χ2n) is 9.12. The number of amides is 2. The van der Waals surface area contributed by atoms with E-state index in [0.29, 0.717) is 45.2 Å². The van der Waals surface area contributed by atoms with Gasteiger partial charge in [0.25, 0.3) is 0 Å². The number of morpholine rings is 1. The molecular weight excluding hydrogens is 364 g/mol. The molecule has 1 aliphatic carbocycles. The van der Waals surface area contributed by atoms with Gasteiger partial charge in [-0.25, -0.2) is 0 Å². The van der Waals surface area contributed by atoms with Crippen LogP contribution in [0.4, 0.5) is 0 Å². The minimum atomic E-state index is -0.284. The number of hydrogen-bond donors (Lipinski definition) is 0. The van der Waals surface area contributed by atoms with Crippen LogP contribution in [0.2, 0.25) is 0 Å². The molecule has 2 aliphatic heterocycles. The maximum absolute atomic E-state index is 13.3. The molecule has 1 aromatic carbocycles. The Bertz CT molecular complexity index is 754. The number of rotatable bonds is 5. The van der Waals surface area contributed by atoms with Crippen LogP contribution in [0.25, 0.3) is 0 Å². The van der Waals surface area contributed by atoms with Crippen molar-refractivity contribution in [2.24, 2.45) is 5.92 Å². The van der Waals surface area contributed by atoms with E-state index in [1.807, 2.05) is 9.80 Å². The van der Waals surface area contributed by atoms with Crippen LogP contribution in [-0.4, -0.2) is 60.5 Å². The first-order chi connectivity index (χ1) is 14.0. The summed E-state index contributed by atoms with van der Waals surface area (Å²) in [5.41, 5.74) is 4.21. The molecule has 4 rings (SSSR count). The summed E-state index contributed by atoms with van der Waals surface area (Å²) in [4.78, 5) is 30.0. The molecule has 0 radical (unpaired) electrons. The van der Waals surface area contributed by atoms with Crippen LogP contribution >= 0.6 is 0 Å². The third-order valence-electron chi connectivity index (χ3n) is 6.93. The first-order valence-corrected chi connectivity index (χ1v) is 11.3. The van der Waals surface area contributed by atoms with E-state index < -0.39 is 0 Å². The summed E-state index contributed by atoms with van der Waals surface area (Å²) in [7, 11) is 0. The van der Waals surface area contributed by atoms with Gasteiger partial charge in [0.2, 0.25) is 11.8 Å². The lowest BCUT2D eigenvalue weighted by molar-refractivity contribution is -0.146. The van der Waals surface area contributed by atoms with E-state index in [2.05, 4.69) is 32.0 Å². The third kappa shape index (κ3) is 4.35. The minimum Gasteiger partial charge on any atom is -0.378 e. The number of carbonyl (C=O) groups is 2. The number of hydrogen-bond acceptors (Lipinski definition) is 3. The lowest BCUT2D eigenvalue weighted by Gasteiger charge is -2.33. The van der Waals surface area contributed by atoms with Crippen molar-refractivity contribution in [1.82, 2.24) is 9.80 Å². The van der Waals surface area contributed by atoms with Gasteiger partial charge in [-0.05, 0) is 60.6 Å². The lowest BCUT2D eigenvalue weighted by Crippen LogP contribution is -2.51. The Kier molecular flexibility index (Phi) is 6.23. The third-order valence-corrected chi connectivity index (χ3v) is 6.93. The molecule has 0 aromatic heterocycles. The summed E-state index contributed by atoms with van der Waals surface area (Å²) >= 11 is 0. The number of benzene rings is 1. The fourth-order valence-electron chi connectivity index (χ4n) is 5.18. The molecule has 0 spiro atoms. The van der Waals surface area contributed by atoms with Gasteiger partial charge in [0, 0.05) is 26.1 Å². The molecule has 2 heterocycles. The Morgan fingerprint density at radius 1 is 1.07 bits per heavy atom. The number of ether oxygens (including phenoxy) is 1. The van der Waals surface area contributed by atoms with E-state index in [1.165, 1.54) is 29.5 Å². The van der Waals surface area contributed by atoms with E-state index >= 15 is 0 Å². The SMILES string of the molecule is CC(C)C(CC(=O)N1CCCC1C(=O)N1CCOCC1)c1ccc2c(c1)CCC2. The van der Waals surface area contributed by atoms with Crippen molar-refractivity contribution >= 4 is 11.8 Å². The molecular formula is C24H34N2O3. The topological polar surface area (TPSA) is 49.9 Å². The Hall–Kier alpha value is -1.88. The summed E-state index contributed by atoms with van der Waals surface area (Å²) in [5, 5.41) is 0. The smallest absolute Gasteiger partial charge is 0.245 e. The number of fused-ring (bicyclic) bond motifs is 1. The Balaban J connectivity index is 1.46. The van der Waals surface area contributed by atoms with Gasteiger partial charge in [0.05, 0.1) is 13.2 Å². The van der Waals surface area contributed by atoms with E-state index in [4.69, 9.17) is 4.74 Å². The van der Waals surface area contributed by atoms with Crippen molar-refractivity contribution in [3.8, 4) is 0 Å². The Labute approximate surface area is 174 Å². The maximum atomic E-state index is 13.3. The standard InChI is InChI=1S/C24H34N2O3/c1-17(2)21(20-9-8-18-5-3-6-19(18)15-20)16-23(27)26-10-4-7-22(26)24(28)25-11-13-29-14-12-25/h8-9,15,17,21-22H,3-7,10-14,16H2,1-2H3. The summed E-state index contributed by atoms with van der Waals surface area (Å²) in [6.07, 6.45) is 5.77. The number of likely N-dealkylation sites (tertiary alicyclic amines) is 1. The van der Waals surface area contributed by atoms with Crippen LogP contribution in [0, 0.1) is 5.92 Å². The highest BCUT2D eigenvalue weighted by Gasteiger charge is 2.37. The van der Waals surface area contributed by atoms with Crippen molar-refractivity contribution in [3.63, 3.8) is 0 Å². The highest BCUT2D eigenvalue weighted by Crippen LogP contribution is 2.33. The van der Waals surface area contributed by atoms with Crippen molar-refractivity contribution < 1.29 is 14.3 Å². The van der Waals surface area contributed by atoms with E-state index in [9.17, 15) is 9.59 Å². The van der Waals surface area contributed by atoms with E-state index in [1.54, 1.807) is 0 Å². The molecule has 0 N–H and O–H groups in total. The van der Waals surface area contributed by atoms with Gasteiger partial charge in [-0.15, -0.1) is 0 Å². The average Bonchev–Trinajstić information content (AvgIpc) is 3.40. The molecule has 0 saturated carbocycles. The Morgan fingerprint density at radius 3 is 2.59 bits per heavy atom. The molecule has 5 nitrogen and oxygen atoms in total. The predicted octanol–water partition coefficient (Wildman–Crippen LogP) is 3.15. The quantitative estimate of drug-likeness (QED) is 0.766. The maximum Gasteiger partial charge on any atom is 0.245 e. The number of carbonyl (C=O) groups excluding carboxylic acids is 2.